The number of pyridine rings is 1. The largest absolute Gasteiger partial charge is 0.396 e. The molecule has 2 rings (SSSR count). The standard InChI is InChI=1S/C13H11F2N3O/c1-7-2-3-8(6-17-7)18-13(19)9-4-12(16)11(15)5-10(9)14/h2-6H,16H2,1H3,(H,18,19). The van der Waals surface area contributed by atoms with E-state index < -0.39 is 17.5 Å². The molecule has 0 bridgehead atoms. The van der Waals surface area contributed by atoms with Crippen molar-refractivity contribution in [2.75, 3.05) is 11.1 Å². The molecule has 0 fully saturated rings. The van der Waals surface area contributed by atoms with Gasteiger partial charge in [-0.05, 0) is 25.1 Å². The monoisotopic (exact) mass is 263 g/mol. The van der Waals surface area contributed by atoms with Crippen LogP contribution in [-0.4, -0.2) is 10.9 Å². The summed E-state index contributed by atoms with van der Waals surface area (Å²) in [6.07, 6.45) is 1.44. The summed E-state index contributed by atoms with van der Waals surface area (Å²) in [4.78, 5) is 15.8. The molecule has 4 nitrogen and oxygen atoms in total. The summed E-state index contributed by atoms with van der Waals surface area (Å²) in [5.41, 5.74) is 5.90. The topological polar surface area (TPSA) is 68.0 Å². The number of carbonyl (C=O) groups is 1. The van der Waals surface area contributed by atoms with E-state index in [2.05, 4.69) is 10.3 Å². The van der Waals surface area contributed by atoms with Crippen LogP contribution in [0.3, 0.4) is 0 Å². The Bertz CT molecular complexity index is 627. The number of amides is 1. The first-order valence-corrected chi connectivity index (χ1v) is 5.46. The number of hydrogen-bond donors (Lipinski definition) is 2. The molecule has 0 atom stereocenters. The minimum absolute atomic E-state index is 0.284. The van der Waals surface area contributed by atoms with Crippen LogP contribution in [0.25, 0.3) is 0 Å². The third-order valence-corrected chi connectivity index (χ3v) is 2.50. The number of nitrogen functional groups attached to an aromatic ring is 1. The number of aromatic nitrogens is 1. The zero-order valence-electron chi connectivity index (χ0n) is 10.1. The molecule has 0 radical (unpaired) electrons. The Balaban J connectivity index is 2.25. The first-order chi connectivity index (χ1) is 8.97. The number of nitrogens with zero attached hydrogens (tertiary/aromatic N) is 1. The van der Waals surface area contributed by atoms with Crippen LogP contribution in [0, 0.1) is 18.6 Å². The van der Waals surface area contributed by atoms with Crippen molar-refractivity contribution >= 4 is 17.3 Å². The Labute approximate surface area is 108 Å². The number of benzene rings is 1. The second-order valence-electron chi connectivity index (χ2n) is 4.00. The molecule has 3 N–H and O–H groups in total. The first kappa shape index (κ1) is 12.9. The van der Waals surface area contributed by atoms with Gasteiger partial charge in [0.1, 0.15) is 11.6 Å². The molecule has 0 spiro atoms. The number of anilines is 2. The second kappa shape index (κ2) is 5.01. The summed E-state index contributed by atoms with van der Waals surface area (Å²) in [5, 5.41) is 2.45. The van der Waals surface area contributed by atoms with Gasteiger partial charge in [0, 0.05) is 11.8 Å². The minimum Gasteiger partial charge on any atom is -0.396 e. The molecule has 19 heavy (non-hydrogen) atoms. The van der Waals surface area contributed by atoms with Crippen LogP contribution in [0.2, 0.25) is 0 Å². The summed E-state index contributed by atoms with van der Waals surface area (Å²) in [6.45, 7) is 1.80. The van der Waals surface area contributed by atoms with Gasteiger partial charge in [-0.15, -0.1) is 0 Å². The Kier molecular flexibility index (Phi) is 3.41. The third-order valence-electron chi connectivity index (χ3n) is 2.50. The number of nitrogens with one attached hydrogen (secondary N) is 1. The molecule has 1 aromatic heterocycles. The molecule has 1 heterocycles. The van der Waals surface area contributed by atoms with Crippen molar-refractivity contribution in [3.63, 3.8) is 0 Å². The average molecular weight is 263 g/mol. The minimum atomic E-state index is -0.968. The summed E-state index contributed by atoms with van der Waals surface area (Å²) in [5.74, 6) is -2.58. The van der Waals surface area contributed by atoms with Gasteiger partial charge in [-0.1, -0.05) is 0 Å². The Morgan fingerprint density at radius 3 is 2.63 bits per heavy atom. The van der Waals surface area contributed by atoms with E-state index in [-0.39, 0.29) is 11.3 Å². The molecular formula is C13H11F2N3O. The van der Waals surface area contributed by atoms with Gasteiger partial charge in [0.25, 0.3) is 5.91 Å². The molecule has 1 aromatic carbocycles. The predicted octanol–water partition coefficient (Wildman–Crippen LogP) is 2.50. The lowest BCUT2D eigenvalue weighted by Gasteiger charge is -2.07. The highest BCUT2D eigenvalue weighted by molar-refractivity contribution is 6.04. The maximum absolute atomic E-state index is 13.5. The fourth-order valence-corrected chi connectivity index (χ4v) is 1.48. The van der Waals surface area contributed by atoms with Gasteiger partial charge < -0.3 is 11.1 Å². The molecule has 0 aliphatic carbocycles. The van der Waals surface area contributed by atoms with E-state index in [1.165, 1.54) is 6.20 Å². The zero-order valence-corrected chi connectivity index (χ0v) is 10.1. The van der Waals surface area contributed by atoms with E-state index in [1.807, 2.05) is 0 Å². The SMILES string of the molecule is Cc1ccc(NC(=O)c2cc(N)c(F)cc2F)cn1. The van der Waals surface area contributed by atoms with Crippen molar-refractivity contribution in [1.82, 2.24) is 4.98 Å². The molecule has 1 amide bonds. The van der Waals surface area contributed by atoms with Crippen molar-refractivity contribution in [2.45, 2.75) is 6.92 Å². The Hall–Kier alpha value is -2.50. The number of halogens is 2. The maximum atomic E-state index is 13.5. The highest BCUT2D eigenvalue weighted by atomic mass is 19.1. The van der Waals surface area contributed by atoms with Crippen LogP contribution in [0.5, 0.6) is 0 Å². The van der Waals surface area contributed by atoms with E-state index in [9.17, 15) is 13.6 Å². The molecular weight excluding hydrogens is 252 g/mol. The van der Waals surface area contributed by atoms with Gasteiger partial charge in [0.15, 0.2) is 0 Å². The van der Waals surface area contributed by atoms with Gasteiger partial charge >= 0.3 is 0 Å². The summed E-state index contributed by atoms with van der Waals surface area (Å²) >= 11 is 0. The van der Waals surface area contributed by atoms with Gasteiger partial charge in [-0.2, -0.15) is 0 Å². The molecule has 98 valence electrons. The average Bonchev–Trinajstić information content (AvgIpc) is 2.36. The van der Waals surface area contributed by atoms with Crippen LogP contribution >= 0.6 is 0 Å². The quantitative estimate of drug-likeness (QED) is 0.818. The van der Waals surface area contributed by atoms with Gasteiger partial charge in [0.2, 0.25) is 0 Å². The molecule has 0 unspecified atom stereocenters. The molecule has 0 saturated carbocycles. The van der Waals surface area contributed by atoms with Gasteiger partial charge in [-0.25, -0.2) is 8.78 Å². The molecule has 2 aromatic rings. The first-order valence-electron chi connectivity index (χ1n) is 5.46. The van der Waals surface area contributed by atoms with E-state index >= 15 is 0 Å². The van der Waals surface area contributed by atoms with E-state index in [0.29, 0.717) is 11.8 Å². The fraction of sp³-hybridized carbons (Fsp3) is 0.0769. The number of nitrogens with two attached hydrogens (primary N) is 1. The van der Waals surface area contributed by atoms with Crippen molar-refractivity contribution in [3.8, 4) is 0 Å². The van der Waals surface area contributed by atoms with Crippen molar-refractivity contribution < 1.29 is 13.6 Å². The van der Waals surface area contributed by atoms with Crippen LogP contribution < -0.4 is 11.1 Å². The van der Waals surface area contributed by atoms with Crippen molar-refractivity contribution in [2.24, 2.45) is 0 Å². The summed E-state index contributed by atoms with van der Waals surface area (Å²) < 4.78 is 26.5. The lowest BCUT2D eigenvalue weighted by molar-refractivity contribution is 0.102. The van der Waals surface area contributed by atoms with Crippen LogP contribution in [-0.2, 0) is 0 Å². The molecule has 0 saturated heterocycles. The number of aryl methyl sites for hydroxylation is 1. The van der Waals surface area contributed by atoms with Crippen LogP contribution in [0.1, 0.15) is 16.1 Å². The second-order valence-corrected chi connectivity index (χ2v) is 4.00. The lowest BCUT2D eigenvalue weighted by atomic mass is 10.1. The van der Waals surface area contributed by atoms with E-state index in [1.54, 1.807) is 19.1 Å². The summed E-state index contributed by atoms with van der Waals surface area (Å²) in [6, 6.07) is 4.87. The van der Waals surface area contributed by atoms with Crippen LogP contribution in [0.4, 0.5) is 20.2 Å². The smallest absolute Gasteiger partial charge is 0.258 e. The van der Waals surface area contributed by atoms with Crippen LogP contribution in [0.15, 0.2) is 30.5 Å². The Morgan fingerprint density at radius 2 is 2.00 bits per heavy atom. The normalized spacial score (nSPS) is 10.3. The summed E-state index contributed by atoms with van der Waals surface area (Å²) in [7, 11) is 0. The Morgan fingerprint density at radius 1 is 1.26 bits per heavy atom. The number of rotatable bonds is 2. The number of carbonyl (C=O) groups excluding carboxylic acids is 1. The fourth-order valence-electron chi connectivity index (χ4n) is 1.48. The van der Waals surface area contributed by atoms with Gasteiger partial charge in [-0.3, -0.25) is 9.78 Å². The molecule has 0 aliphatic rings. The van der Waals surface area contributed by atoms with E-state index in [0.717, 1.165) is 11.8 Å². The van der Waals surface area contributed by atoms with Crippen molar-refractivity contribution in [1.29, 1.82) is 0 Å². The predicted molar refractivity (Wildman–Crippen MR) is 67.7 cm³/mol. The van der Waals surface area contributed by atoms with E-state index in [4.69, 9.17) is 5.73 Å². The highest BCUT2D eigenvalue weighted by Crippen LogP contribution is 2.18. The number of hydrogen-bond acceptors (Lipinski definition) is 3. The highest BCUT2D eigenvalue weighted by Gasteiger charge is 2.15. The maximum Gasteiger partial charge on any atom is 0.258 e. The van der Waals surface area contributed by atoms with Gasteiger partial charge in [0.05, 0.1) is 23.1 Å². The molecule has 6 heteroatoms. The van der Waals surface area contributed by atoms with Crippen molar-refractivity contribution in [3.05, 3.63) is 53.4 Å². The lowest BCUT2D eigenvalue weighted by Crippen LogP contribution is -2.15. The zero-order chi connectivity index (χ0) is 14.0. The third kappa shape index (κ3) is 2.85. The molecule has 0 aliphatic heterocycles.